The Bertz CT molecular complexity index is 527. The normalized spacial score (nSPS) is 10.8. The lowest BCUT2D eigenvalue weighted by atomic mass is 10.1. The zero-order valence-electron chi connectivity index (χ0n) is 10.9. The fourth-order valence-corrected chi connectivity index (χ4v) is 2.05. The Kier molecular flexibility index (Phi) is 3.99. The van der Waals surface area contributed by atoms with Crippen LogP contribution in [0.25, 0.3) is 10.9 Å². The lowest BCUT2D eigenvalue weighted by Crippen LogP contribution is -2.20. The van der Waals surface area contributed by atoms with E-state index in [1.807, 2.05) is 24.3 Å². The van der Waals surface area contributed by atoms with Gasteiger partial charge in [0.05, 0.1) is 11.2 Å². The third kappa shape index (κ3) is 2.54. The van der Waals surface area contributed by atoms with E-state index in [4.69, 9.17) is 10.5 Å². The smallest absolute Gasteiger partial charge is 0.0955 e. The molecule has 0 atom stereocenters. The largest absolute Gasteiger partial charge is 0.398 e. The van der Waals surface area contributed by atoms with Crippen LogP contribution >= 0.6 is 0 Å². The molecule has 0 spiro atoms. The van der Waals surface area contributed by atoms with Gasteiger partial charge >= 0.3 is 0 Å². The molecule has 4 nitrogen and oxygen atoms in total. The lowest BCUT2D eigenvalue weighted by Gasteiger charge is -2.20. The monoisotopic (exact) mass is 245 g/mol. The Morgan fingerprint density at radius 1 is 1.33 bits per heavy atom. The molecule has 0 bridgehead atoms. The highest BCUT2D eigenvalue weighted by Crippen LogP contribution is 2.28. The number of aromatic nitrogens is 1. The third-order valence-corrected chi connectivity index (χ3v) is 3.04. The Labute approximate surface area is 107 Å². The number of methoxy groups -OCH3 is 1. The zero-order chi connectivity index (χ0) is 13.0. The van der Waals surface area contributed by atoms with Gasteiger partial charge in [-0.1, -0.05) is 0 Å². The lowest BCUT2D eigenvalue weighted by molar-refractivity contribution is 0.196. The quantitative estimate of drug-likeness (QED) is 0.648. The molecule has 0 unspecified atom stereocenters. The second kappa shape index (κ2) is 5.69. The van der Waals surface area contributed by atoms with E-state index < -0.39 is 0 Å². The third-order valence-electron chi connectivity index (χ3n) is 3.04. The molecule has 2 rings (SSSR count). The minimum absolute atomic E-state index is 0.769. The number of benzene rings is 1. The summed E-state index contributed by atoms with van der Waals surface area (Å²) in [6, 6.07) is 7.88. The highest BCUT2D eigenvalue weighted by atomic mass is 16.5. The van der Waals surface area contributed by atoms with Crippen LogP contribution < -0.4 is 10.6 Å². The molecule has 0 fully saturated rings. The van der Waals surface area contributed by atoms with Crippen LogP contribution in [-0.2, 0) is 4.74 Å². The Hall–Kier alpha value is -1.81. The van der Waals surface area contributed by atoms with Crippen molar-refractivity contribution in [3.05, 3.63) is 30.5 Å². The van der Waals surface area contributed by atoms with Crippen molar-refractivity contribution in [3.8, 4) is 0 Å². The van der Waals surface area contributed by atoms with E-state index in [2.05, 4.69) is 16.9 Å². The predicted octanol–water partition coefficient (Wildman–Crippen LogP) is 2.29. The molecule has 0 amide bonds. The van der Waals surface area contributed by atoms with Crippen LogP contribution in [0.3, 0.4) is 0 Å². The zero-order valence-corrected chi connectivity index (χ0v) is 10.9. The number of hydrogen-bond acceptors (Lipinski definition) is 4. The van der Waals surface area contributed by atoms with E-state index in [0.717, 1.165) is 41.9 Å². The maximum Gasteiger partial charge on any atom is 0.0955 e. The van der Waals surface area contributed by atoms with E-state index in [0.29, 0.717) is 0 Å². The molecule has 0 aliphatic carbocycles. The van der Waals surface area contributed by atoms with Crippen LogP contribution in [0.1, 0.15) is 6.42 Å². The van der Waals surface area contributed by atoms with Crippen LogP contribution in [0.4, 0.5) is 11.4 Å². The Morgan fingerprint density at radius 3 is 2.94 bits per heavy atom. The number of anilines is 2. The first-order chi connectivity index (χ1) is 8.74. The minimum Gasteiger partial charge on any atom is -0.398 e. The van der Waals surface area contributed by atoms with Gasteiger partial charge in [-0.05, 0) is 30.7 Å². The molecular weight excluding hydrogens is 226 g/mol. The summed E-state index contributed by atoms with van der Waals surface area (Å²) in [5.41, 5.74) is 8.80. The van der Waals surface area contributed by atoms with Crippen molar-refractivity contribution in [2.24, 2.45) is 0 Å². The molecule has 96 valence electrons. The SMILES string of the molecule is COCCCN(C)c1ccc(N)c2cccnc12. The van der Waals surface area contributed by atoms with E-state index in [1.165, 1.54) is 0 Å². The van der Waals surface area contributed by atoms with Gasteiger partial charge in [0.1, 0.15) is 0 Å². The van der Waals surface area contributed by atoms with Crippen molar-refractivity contribution in [1.29, 1.82) is 0 Å². The van der Waals surface area contributed by atoms with Gasteiger partial charge < -0.3 is 15.4 Å². The summed E-state index contributed by atoms with van der Waals surface area (Å²) < 4.78 is 5.07. The summed E-state index contributed by atoms with van der Waals surface area (Å²) in [7, 11) is 3.79. The number of rotatable bonds is 5. The summed E-state index contributed by atoms with van der Waals surface area (Å²) in [6.07, 6.45) is 2.79. The van der Waals surface area contributed by atoms with Crippen molar-refractivity contribution in [1.82, 2.24) is 4.98 Å². The van der Waals surface area contributed by atoms with Crippen molar-refractivity contribution in [3.63, 3.8) is 0 Å². The molecule has 1 heterocycles. The molecule has 0 aliphatic rings. The van der Waals surface area contributed by atoms with Crippen LogP contribution in [-0.4, -0.2) is 32.3 Å². The number of hydrogen-bond donors (Lipinski definition) is 1. The number of nitrogens with two attached hydrogens (primary N) is 1. The van der Waals surface area contributed by atoms with Crippen molar-refractivity contribution in [2.75, 3.05) is 37.9 Å². The molecule has 0 saturated carbocycles. The number of pyridine rings is 1. The molecule has 1 aromatic heterocycles. The average molecular weight is 245 g/mol. The number of nitrogen functional groups attached to an aromatic ring is 1. The number of fused-ring (bicyclic) bond motifs is 1. The van der Waals surface area contributed by atoms with E-state index in [9.17, 15) is 0 Å². The molecule has 18 heavy (non-hydrogen) atoms. The Morgan fingerprint density at radius 2 is 2.17 bits per heavy atom. The second-order valence-electron chi connectivity index (χ2n) is 4.34. The molecule has 0 aliphatic heterocycles. The van der Waals surface area contributed by atoms with Gasteiger partial charge in [-0.25, -0.2) is 0 Å². The van der Waals surface area contributed by atoms with Crippen LogP contribution in [0.15, 0.2) is 30.5 Å². The Balaban J connectivity index is 2.30. The van der Waals surface area contributed by atoms with E-state index >= 15 is 0 Å². The first-order valence-electron chi connectivity index (χ1n) is 6.07. The van der Waals surface area contributed by atoms with Crippen molar-refractivity contribution >= 4 is 22.3 Å². The summed E-state index contributed by atoms with van der Waals surface area (Å²) in [4.78, 5) is 6.63. The van der Waals surface area contributed by atoms with Gasteiger partial charge in [0, 0.05) is 44.6 Å². The fourth-order valence-electron chi connectivity index (χ4n) is 2.05. The standard InChI is InChI=1S/C14H19N3O/c1-17(9-4-10-18-2)13-7-6-12(15)11-5-3-8-16-14(11)13/h3,5-8H,4,9-10,15H2,1-2H3. The predicted molar refractivity (Wildman–Crippen MR) is 75.9 cm³/mol. The summed E-state index contributed by atoms with van der Waals surface area (Å²) in [6.45, 7) is 1.70. The molecule has 0 radical (unpaired) electrons. The van der Waals surface area contributed by atoms with Crippen molar-refractivity contribution < 1.29 is 4.74 Å². The van der Waals surface area contributed by atoms with Gasteiger partial charge in [-0.2, -0.15) is 0 Å². The second-order valence-corrected chi connectivity index (χ2v) is 4.34. The first-order valence-corrected chi connectivity index (χ1v) is 6.07. The summed E-state index contributed by atoms with van der Waals surface area (Å²) >= 11 is 0. The maximum absolute atomic E-state index is 5.97. The van der Waals surface area contributed by atoms with Gasteiger partial charge in [-0.3, -0.25) is 4.98 Å². The molecule has 4 heteroatoms. The summed E-state index contributed by atoms with van der Waals surface area (Å²) in [5.74, 6) is 0. The number of nitrogens with zero attached hydrogens (tertiary/aromatic N) is 2. The minimum atomic E-state index is 0.769. The highest BCUT2D eigenvalue weighted by Gasteiger charge is 2.08. The van der Waals surface area contributed by atoms with Gasteiger partial charge in [0.25, 0.3) is 0 Å². The van der Waals surface area contributed by atoms with Gasteiger partial charge in [0.15, 0.2) is 0 Å². The average Bonchev–Trinajstić information content (AvgIpc) is 2.39. The van der Waals surface area contributed by atoms with Crippen LogP contribution in [0.2, 0.25) is 0 Å². The highest BCUT2D eigenvalue weighted by molar-refractivity contribution is 5.98. The molecule has 1 aromatic carbocycles. The molecule has 2 N–H and O–H groups in total. The van der Waals surface area contributed by atoms with E-state index in [-0.39, 0.29) is 0 Å². The van der Waals surface area contributed by atoms with Gasteiger partial charge in [-0.15, -0.1) is 0 Å². The molecule has 0 saturated heterocycles. The van der Waals surface area contributed by atoms with E-state index in [1.54, 1.807) is 13.3 Å². The molecule has 2 aromatic rings. The fraction of sp³-hybridized carbons (Fsp3) is 0.357. The van der Waals surface area contributed by atoms with Gasteiger partial charge in [0.2, 0.25) is 0 Å². The number of ether oxygens (including phenoxy) is 1. The van der Waals surface area contributed by atoms with Crippen LogP contribution in [0, 0.1) is 0 Å². The topological polar surface area (TPSA) is 51.4 Å². The molecular formula is C14H19N3O. The van der Waals surface area contributed by atoms with Crippen LogP contribution in [0.5, 0.6) is 0 Å². The first kappa shape index (κ1) is 12.6. The maximum atomic E-state index is 5.97. The summed E-state index contributed by atoms with van der Waals surface area (Å²) in [5, 5.41) is 1.01. The van der Waals surface area contributed by atoms with Crippen molar-refractivity contribution in [2.45, 2.75) is 6.42 Å².